The molecule has 1 amide bonds. The number of aromatic nitrogens is 3. The lowest BCUT2D eigenvalue weighted by Crippen LogP contribution is -2.65. The molecule has 1 aromatic heterocycles. The molecule has 3 saturated carbocycles. The fraction of sp³-hybridized carbons (Fsp3) is 0.559. The van der Waals surface area contributed by atoms with E-state index in [1.54, 1.807) is 4.68 Å². The number of rotatable bonds is 14. The number of hydrogen-bond acceptors (Lipinski definition) is 7. The van der Waals surface area contributed by atoms with Crippen LogP contribution in [-0.2, 0) is 45.0 Å². The summed E-state index contributed by atoms with van der Waals surface area (Å²) in [7, 11) is -0.486. The van der Waals surface area contributed by atoms with Crippen LogP contribution in [-0.4, -0.2) is 52.0 Å². The summed E-state index contributed by atoms with van der Waals surface area (Å²) in [6, 6.07) is 20.1. The summed E-state index contributed by atoms with van der Waals surface area (Å²) >= 11 is 0. The van der Waals surface area contributed by atoms with Gasteiger partial charge in [0.1, 0.15) is 13.2 Å². The molecule has 1 aliphatic heterocycles. The van der Waals surface area contributed by atoms with Crippen LogP contribution in [0.5, 0.6) is 0 Å². The number of nitrogens with two attached hydrogens (primary N) is 1. The number of nitrogens with one attached hydrogen (secondary N) is 1. The molecule has 2 aromatic carbocycles. The summed E-state index contributed by atoms with van der Waals surface area (Å²) in [5, 5.41) is 7.99. The molecule has 5 atom stereocenters. The van der Waals surface area contributed by atoms with Gasteiger partial charge in [-0.05, 0) is 67.5 Å². The molecule has 4 fully saturated rings. The second-order valence-electron chi connectivity index (χ2n) is 13.5. The molecule has 9 nitrogen and oxygen atoms in total. The van der Waals surface area contributed by atoms with Gasteiger partial charge in [-0.1, -0.05) is 80.9 Å². The van der Waals surface area contributed by atoms with Crippen molar-refractivity contribution in [2.45, 2.75) is 96.7 Å². The van der Waals surface area contributed by atoms with Crippen LogP contribution in [0.4, 0.5) is 0 Å². The van der Waals surface area contributed by atoms with Crippen molar-refractivity contribution < 1.29 is 18.8 Å². The number of unbranched alkanes of at least 4 members (excludes halogenated alkanes) is 1. The Bertz CT molecular complexity index is 1400. The maximum Gasteiger partial charge on any atom is 0.481 e. The average molecular weight is 600 g/mol. The molecule has 1 saturated heterocycles. The first-order valence-electron chi connectivity index (χ1n) is 16.2. The Hall–Kier alpha value is -3.05. The summed E-state index contributed by atoms with van der Waals surface area (Å²) in [6.45, 7) is 8.27. The smallest absolute Gasteiger partial charge is 0.404 e. The highest BCUT2D eigenvalue weighted by Crippen LogP contribution is 2.65. The van der Waals surface area contributed by atoms with Gasteiger partial charge in [-0.2, -0.15) is 5.10 Å². The molecule has 10 heteroatoms. The molecular formula is C34H46BN5O4. The number of nitrogens with zero attached hydrogens (tertiary/aromatic N) is 3. The standard InChI is InChI=1S/C34H46BN5O4/c1-33(2)26-19-27(33)34(3)28(20-26)43-35(44-34)29(16-10-11-17-36)37-32(41)21-40-31(23-42-22-25-14-8-5-9-15-25)38-30(39-40)18-24-12-6-4-7-13-24/h4-9,12-15,26-29H,10-11,16-23,36H2,1-3H3,(H,37,41). The average Bonchev–Trinajstić information content (AvgIpc) is 3.56. The first-order valence-corrected chi connectivity index (χ1v) is 16.2. The molecule has 234 valence electrons. The number of carbonyl (C=O) groups is 1. The van der Waals surface area contributed by atoms with Gasteiger partial charge in [0.15, 0.2) is 11.6 Å². The highest BCUT2D eigenvalue weighted by Gasteiger charge is 2.68. The van der Waals surface area contributed by atoms with Crippen molar-refractivity contribution in [2.75, 3.05) is 6.54 Å². The van der Waals surface area contributed by atoms with Crippen molar-refractivity contribution >= 4 is 13.0 Å². The summed E-state index contributed by atoms with van der Waals surface area (Å²) in [5.41, 5.74) is 7.92. The molecule has 3 N–H and O–H groups in total. The topological polar surface area (TPSA) is 114 Å². The summed E-state index contributed by atoms with van der Waals surface area (Å²) in [4.78, 5) is 18.4. The zero-order chi connectivity index (χ0) is 30.7. The third-order valence-corrected chi connectivity index (χ3v) is 10.2. The lowest BCUT2D eigenvalue weighted by molar-refractivity contribution is -0.199. The zero-order valence-corrected chi connectivity index (χ0v) is 26.3. The minimum Gasteiger partial charge on any atom is -0.404 e. The highest BCUT2D eigenvalue weighted by molar-refractivity contribution is 6.47. The van der Waals surface area contributed by atoms with Crippen molar-refractivity contribution in [1.82, 2.24) is 20.1 Å². The van der Waals surface area contributed by atoms with E-state index in [2.05, 4.69) is 38.2 Å². The van der Waals surface area contributed by atoms with E-state index in [1.165, 1.54) is 6.42 Å². The molecular weight excluding hydrogens is 553 g/mol. The summed E-state index contributed by atoms with van der Waals surface area (Å²) < 4.78 is 21.0. The van der Waals surface area contributed by atoms with E-state index in [0.29, 0.717) is 43.1 Å². The van der Waals surface area contributed by atoms with E-state index in [1.807, 2.05) is 48.5 Å². The van der Waals surface area contributed by atoms with Gasteiger partial charge in [-0.25, -0.2) is 9.67 Å². The van der Waals surface area contributed by atoms with Gasteiger partial charge in [0.25, 0.3) is 0 Å². The highest BCUT2D eigenvalue weighted by atomic mass is 16.7. The SMILES string of the molecule is CC1(C)C2CC3OB(C(CCCCN)NC(=O)Cn4nc(Cc5ccccc5)nc4COCc4ccccc4)OC3(C)C1C2. The van der Waals surface area contributed by atoms with Crippen molar-refractivity contribution in [3.8, 4) is 0 Å². The second-order valence-corrected chi connectivity index (χ2v) is 13.5. The molecule has 7 rings (SSSR count). The Morgan fingerprint density at radius 1 is 1.07 bits per heavy atom. The van der Waals surface area contributed by atoms with E-state index in [-0.39, 0.29) is 42.1 Å². The number of ether oxygens (including phenoxy) is 1. The van der Waals surface area contributed by atoms with Gasteiger partial charge in [-0.3, -0.25) is 4.79 Å². The monoisotopic (exact) mass is 599 g/mol. The van der Waals surface area contributed by atoms with Gasteiger partial charge < -0.3 is 25.1 Å². The van der Waals surface area contributed by atoms with Crippen LogP contribution >= 0.6 is 0 Å². The molecule has 3 aliphatic carbocycles. The largest absolute Gasteiger partial charge is 0.481 e. The third-order valence-electron chi connectivity index (χ3n) is 10.2. The third kappa shape index (κ3) is 6.49. The Morgan fingerprint density at radius 3 is 2.50 bits per heavy atom. The molecule has 5 unspecified atom stereocenters. The lowest BCUT2D eigenvalue weighted by atomic mass is 9.43. The molecule has 4 aliphatic rings. The zero-order valence-electron chi connectivity index (χ0n) is 26.3. The van der Waals surface area contributed by atoms with E-state index >= 15 is 0 Å². The fourth-order valence-corrected chi connectivity index (χ4v) is 7.59. The Kier molecular flexibility index (Phi) is 9.24. The molecule has 44 heavy (non-hydrogen) atoms. The van der Waals surface area contributed by atoms with Crippen LogP contribution in [0.2, 0.25) is 0 Å². The molecule has 2 heterocycles. The van der Waals surface area contributed by atoms with Gasteiger partial charge in [0.2, 0.25) is 5.91 Å². The Labute approximate surface area is 261 Å². The number of benzene rings is 2. The Morgan fingerprint density at radius 2 is 1.80 bits per heavy atom. The van der Waals surface area contributed by atoms with E-state index < -0.39 is 7.12 Å². The number of amides is 1. The van der Waals surface area contributed by atoms with Crippen LogP contribution < -0.4 is 11.1 Å². The van der Waals surface area contributed by atoms with E-state index in [0.717, 1.165) is 36.8 Å². The van der Waals surface area contributed by atoms with Gasteiger partial charge in [-0.15, -0.1) is 0 Å². The van der Waals surface area contributed by atoms with Gasteiger partial charge in [0, 0.05) is 6.42 Å². The molecule has 0 spiro atoms. The summed E-state index contributed by atoms with van der Waals surface area (Å²) in [6.07, 6.45) is 5.33. The minimum absolute atomic E-state index is 0.0321. The van der Waals surface area contributed by atoms with Gasteiger partial charge in [0.05, 0.1) is 24.3 Å². The van der Waals surface area contributed by atoms with Crippen molar-refractivity contribution in [3.63, 3.8) is 0 Å². The number of hydrogen-bond donors (Lipinski definition) is 2. The minimum atomic E-state index is -0.486. The van der Waals surface area contributed by atoms with Crippen molar-refractivity contribution in [3.05, 3.63) is 83.4 Å². The lowest BCUT2D eigenvalue weighted by Gasteiger charge is -2.64. The van der Waals surface area contributed by atoms with E-state index in [4.69, 9.17) is 29.9 Å². The first kappa shape index (κ1) is 31.0. The Balaban J connectivity index is 1.15. The summed E-state index contributed by atoms with van der Waals surface area (Å²) in [5.74, 6) is 1.97. The van der Waals surface area contributed by atoms with Crippen LogP contribution in [0.3, 0.4) is 0 Å². The molecule has 2 bridgehead atoms. The van der Waals surface area contributed by atoms with Crippen LogP contribution in [0.1, 0.15) is 75.7 Å². The van der Waals surface area contributed by atoms with Crippen molar-refractivity contribution in [2.24, 2.45) is 23.0 Å². The van der Waals surface area contributed by atoms with Crippen LogP contribution in [0, 0.1) is 17.3 Å². The van der Waals surface area contributed by atoms with E-state index in [9.17, 15) is 4.79 Å². The predicted octanol–water partition coefficient (Wildman–Crippen LogP) is 4.47. The molecule has 0 radical (unpaired) electrons. The first-order chi connectivity index (χ1) is 21.3. The van der Waals surface area contributed by atoms with Crippen LogP contribution in [0.15, 0.2) is 60.7 Å². The molecule has 3 aromatic rings. The maximum absolute atomic E-state index is 13.6. The predicted molar refractivity (Wildman–Crippen MR) is 169 cm³/mol. The normalized spacial score (nSPS) is 25.7. The quantitative estimate of drug-likeness (QED) is 0.208. The van der Waals surface area contributed by atoms with Crippen LogP contribution in [0.25, 0.3) is 0 Å². The van der Waals surface area contributed by atoms with Gasteiger partial charge >= 0.3 is 7.12 Å². The number of carbonyl (C=O) groups excluding carboxylic acids is 1. The second kappa shape index (κ2) is 13.1. The van der Waals surface area contributed by atoms with Crippen molar-refractivity contribution in [1.29, 1.82) is 0 Å². The maximum atomic E-state index is 13.6. The fourth-order valence-electron chi connectivity index (χ4n) is 7.59.